The molecule has 0 bridgehead atoms. The largest absolute Gasteiger partial charge is 0.500 e. The second-order valence-corrected chi connectivity index (χ2v) is 1.68. The summed E-state index contributed by atoms with van der Waals surface area (Å²) in [6.45, 7) is 0. The molecule has 0 aliphatic carbocycles. The van der Waals surface area contributed by atoms with Gasteiger partial charge in [-0.15, -0.1) is 0 Å². The maximum Gasteiger partial charge on any atom is 0.500 e. The van der Waals surface area contributed by atoms with Gasteiger partial charge in [-0.3, -0.25) is 0 Å². The summed E-state index contributed by atoms with van der Waals surface area (Å²) in [5.74, 6) is 0. The van der Waals surface area contributed by atoms with E-state index in [9.17, 15) is 4.53 Å². The van der Waals surface area contributed by atoms with Crippen LogP contribution in [0.5, 0.6) is 0 Å². The minimum absolute atomic E-state index is 0. The van der Waals surface area contributed by atoms with Crippen molar-refractivity contribution in [1.29, 1.82) is 0 Å². The van der Waals surface area contributed by atoms with Crippen LogP contribution in [0.25, 0.3) is 0 Å². The number of rotatable bonds is 1. The van der Waals surface area contributed by atoms with E-state index < -0.39 is 7.82 Å². The molecule has 0 heterocycles. The molecule has 0 radical (unpaired) electrons. The number of phosphoric acid groups is 1. The molecule has 0 aromatic rings. The SMILES string of the molecule is O=P(O)(O)OF.[Cr]. The average Bonchev–Trinajstić information content (AvgIpc) is 1.35. The van der Waals surface area contributed by atoms with E-state index in [2.05, 4.69) is 4.73 Å². The van der Waals surface area contributed by atoms with Crippen LogP contribution in [0.1, 0.15) is 0 Å². The fourth-order valence-corrected chi connectivity index (χ4v) is 0. The molecule has 0 aliphatic heterocycles. The molecule has 0 saturated heterocycles. The normalized spacial score (nSPS) is 10.1. The Morgan fingerprint density at radius 2 is 1.71 bits per heavy atom. The van der Waals surface area contributed by atoms with Crippen LogP contribution in [0.4, 0.5) is 4.53 Å². The molecule has 4 nitrogen and oxygen atoms in total. The van der Waals surface area contributed by atoms with E-state index in [4.69, 9.17) is 14.4 Å². The van der Waals surface area contributed by atoms with Crippen molar-refractivity contribution in [3.63, 3.8) is 0 Å². The second-order valence-electron chi connectivity index (χ2n) is 0.560. The summed E-state index contributed by atoms with van der Waals surface area (Å²) in [5, 5.41) is 0. The van der Waals surface area contributed by atoms with Gasteiger partial charge in [0.05, 0.1) is 0 Å². The van der Waals surface area contributed by atoms with Crippen LogP contribution in [-0.2, 0) is 26.7 Å². The summed E-state index contributed by atoms with van der Waals surface area (Å²) in [7, 11) is -4.81. The molecule has 7 heteroatoms. The van der Waals surface area contributed by atoms with Crippen LogP contribution >= 0.6 is 7.82 Å². The van der Waals surface area contributed by atoms with Gasteiger partial charge in [0.2, 0.25) is 0 Å². The Morgan fingerprint density at radius 1 is 1.57 bits per heavy atom. The summed E-state index contributed by atoms with van der Waals surface area (Å²) in [6.07, 6.45) is 0. The number of halogens is 1. The molecule has 0 aromatic carbocycles. The molecule has 44 valence electrons. The zero-order valence-electron chi connectivity index (χ0n) is 2.94. The van der Waals surface area contributed by atoms with Crippen molar-refractivity contribution in [2.24, 2.45) is 0 Å². The first-order valence-electron chi connectivity index (χ1n) is 0.919. The average molecular weight is 168 g/mol. The van der Waals surface area contributed by atoms with Gasteiger partial charge in [0.15, 0.2) is 0 Å². The molecule has 0 aliphatic rings. The minimum atomic E-state index is -4.81. The molecular formula is H2CrFO4P. The van der Waals surface area contributed by atoms with Crippen LogP contribution < -0.4 is 0 Å². The summed E-state index contributed by atoms with van der Waals surface area (Å²) in [6, 6.07) is 0. The Labute approximate surface area is 49.6 Å². The van der Waals surface area contributed by atoms with Crippen molar-refractivity contribution in [3.05, 3.63) is 0 Å². The van der Waals surface area contributed by atoms with Gasteiger partial charge in [0.25, 0.3) is 0 Å². The standard InChI is InChI=1S/Cr.FH2O4P/c;1-5-6(2,3)4/h;(H2,2,3,4). The van der Waals surface area contributed by atoms with E-state index in [1.807, 2.05) is 0 Å². The van der Waals surface area contributed by atoms with Gasteiger partial charge < -0.3 is 9.79 Å². The minimum Gasteiger partial charge on any atom is -0.301 e. The Bertz CT molecular complexity index is 75.8. The summed E-state index contributed by atoms with van der Waals surface area (Å²) >= 11 is 0. The summed E-state index contributed by atoms with van der Waals surface area (Å²) in [4.78, 5) is 14.7. The quantitative estimate of drug-likeness (QED) is 0.539. The molecule has 0 aromatic heterocycles. The van der Waals surface area contributed by atoms with Crippen molar-refractivity contribution in [2.75, 3.05) is 0 Å². The molecule has 0 rings (SSSR count). The van der Waals surface area contributed by atoms with Gasteiger partial charge in [-0.2, -0.15) is 0 Å². The van der Waals surface area contributed by atoms with Crippen molar-refractivity contribution in [3.8, 4) is 0 Å². The zero-order chi connectivity index (χ0) is 5.21. The van der Waals surface area contributed by atoms with E-state index in [-0.39, 0.29) is 17.4 Å². The van der Waals surface area contributed by atoms with Crippen LogP contribution in [0.15, 0.2) is 0 Å². The van der Waals surface area contributed by atoms with Crippen LogP contribution in [0, 0.1) is 0 Å². The first-order chi connectivity index (χ1) is 2.56. The molecule has 7 heavy (non-hydrogen) atoms. The van der Waals surface area contributed by atoms with Gasteiger partial charge in [0.1, 0.15) is 0 Å². The van der Waals surface area contributed by atoms with Crippen molar-refractivity contribution in [1.82, 2.24) is 0 Å². The molecule has 0 fully saturated rings. The van der Waals surface area contributed by atoms with E-state index in [1.165, 1.54) is 0 Å². The monoisotopic (exact) mass is 168 g/mol. The van der Waals surface area contributed by atoms with E-state index >= 15 is 0 Å². The number of hydrogen-bond acceptors (Lipinski definition) is 2. The Hall–Kier alpha value is 0.572. The molecular weight excluding hydrogens is 166 g/mol. The van der Waals surface area contributed by atoms with Crippen LogP contribution in [-0.4, -0.2) is 9.79 Å². The van der Waals surface area contributed by atoms with E-state index in [0.717, 1.165) is 0 Å². The first-order valence-corrected chi connectivity index (χ1v) is 2.45. The Kier molecular flexibility index (Phi) is 5.36. The third kappa shape index (κ3) is 10.8. The summed E-state index contributed by atoms with van der Waals surface area (Å²) < 4.78 is 21.4. The van der Waals surface area contributed by atoms with Gasteiger partial charge in [-0.1, -0.05) is 4.73 Å². The molecule has 0 amide bonds. The third-order valence-corrected chi connectivity index (χ3v) is 0.270. The van der Waals surface area contributed by atoms with E-state index in [0.29, 0.717) is 0 Å². The second kappa shape index (κ2) is 3.56. The van der Waals surface area contributed by atoms with Crippen molar-refractivity contribution < 1.29 is 41.0 Å². The van der Waals surface area contributed by atoms with Crippen LogP contribution in [0.3, 0.4) is 0 Å². The van der Waals surface area contributed by atoms with Crippen LogP contribution in [0.2, 0.25) is 0 Å². The Morgan fingerprint density at radius 3 is 1.71 bits per heavy atom. The number of hydrogen-bond donors (Lipinski definition) is 2. The predicted molar refractivity (Wildman–Crippen MR) is 14.2 cm³/mol. The van der Waals surface area contributed by atoms with Gasteiger partial charge in [-0.25, -0.2) is 4.57 Å². The smallest absolute Gasteiger partial charge is 0.301 e. The fraction of sp³-hybridized carbons (Fsp3) is 0. The Balaban J connectivity index is 0. The molecule has 0 unspecified atom stereocenters. The first kappa shape index (κ1) is 10.5. The van der Waals surface area contributed by atoms with Crippen molar-refractivity contribution in [2.45, 2.75) is 0 Å². The molecule has 0 saturated carbocycles. The van der Waals surface area contributed by atoms with Crippen molar-refractivity contribution >= 4 is 7.82 Å². The molecule has 0 atom stereocenters. The molecule has 2 N–H and O–H groups in total. The summed E-state index contributed by atoms with van der Waals surface area (Å²) in [5.41, 5.74) is 0. The van der Waals surface area contributed by atoms with Gasteiger partial charge in [-0.05, 0) is 4.53 Å². The van der Waals surface area contributed by atoms with Gasteiger partial charge >= 0.3 is 7.82 Å². The van der Waals surface area contributed by atoms with E-state index in [1.54, 1.807) is 0 Å². The zero-order valence-corrected chi connectivity index (χ0v) is 5.11. The van der Waals surface area contributed by atoms with Gasteiger partial charge in [0, 0.05) is 17.4 Å². The third-order valence-electron chi connectivity index (χ3n) is 0.0899. The fourth-order valence-electron chi connectivity index (χ4n) is 0. The maximum atomic E-state index is 10.2. The topological polar surface area (TPSA) is 66.8 Å². The molecule has 0 spiro atoms. The maximum absolute atomic E-state index is 10.2. The predicted octanol–water partition coefficient (Wildman–Crippen LogP) is -0.0223.